The topological polar surface area (TPSA) is 75.3 Å². The van der Waals surface area contributed by atoms with Crippen molar-refractivity contribution in [2.45, 2.75) is 0 Å². The van der Waals surface area contributed by atoms with Gasteiger partial charge in [0.1, 0.15) is 0 Å². The van der Waals surface area contributed by atoms with Crippen molar-refractivity contribution in [3.63, 3.8) is 0 Å². The summed E-state index contributed by atoms with van der Waals surface area (Å²) in [4.78, 5) is 12.1. The third kappa shape index (κ3) is 4.62. The number of carbonyl (C=O) groups is 1. The van der Waals surface area contributed by atoms with E-state index in [1.807, 2.05) is 0 Å². The van der Waals surface area contributed by atoms with Crippen molar-refractivity contribution < 1.29 is 13.2 Å². The fourth-order valence-electron chi connectivity index (χ4n) is 1.71. The molecule has 0 unspecified atom stereocenters. The average Bonchev–Trinajstić information content (AvgIpc) is 2.39. The van der Waals surface area contributed by atoms with Crippen LogP contribution in [-0.4, -0.2) is 20.6 Å². The molecule has 2 N–H and O–H groups in total. The van der Waals surface area contributed by atoms with Gasteiger partial charge in [0, 0.05) is 16.4 Å². The lowest BCUT2D eigenvalue weighted by Crippen LogP contribution is -2.13. The predicted octanol–water partition coefficient (Wildman–Crippen LogP) is 3.62. The van der Waals surface area contributed by atoms with E-state index in [0.29, 0.717) is 22.0 Å². The van der Waals surface area contributed by atoms with Crippen LogP contribution in [0.1, 0.15) is 10.4 Å². The van der Waals surface area contributed by atoms with Crippen LogP contribution in [0, 0.1) is 0 Å². The molecule has 0 aliphatic heterocycles. The van der Waals surface area contributed by atoms with Crippen molar-refractivity contribution in [1.29, 1.82) is 0 Å². The molecule has 0 spiro atoms. The molecule has 0 heterocycles. The third-order valence-corrected chi connectivity index (χ3v) is 3.78. The normalized spacial score (nSPS) is 11.0. The van der Waals surface area contributed by atoms with Gasteiger partial charge in [-0.1, -0.05) is 23.2 Å². The molecule has 0 radical (unpaired) electrons. The van der Waals surface area contributed by atoms with Gasteiger partial charge in [0.15, 0.2) is 0 Å². The van der Waals surface area contributed by atoms with Crippen LogP contribution in [0.4, 0.5) is 11.4 Å². The van der Waals surface area contributed by atoms with Gasteiger partial charge in [-0.25, -0.2) is 8.42 Å². The fourth-order valence-corrected chi connectivity index (χ4v) is 2.77. The number of hydrogen-bond acceptors (Lipinski definition) is 3. The summed E-state index contributed by atoms with van der Waals surface area (Å²) >= 11 is 11.7. The van der Waals surface area contributed by atoms with Crippen LogP contribution < -0.4 is 10.0 Å². The second kappa shape index (κ2) is 6.56. The molecule has 0 bridgehead atoms. The van der Waals surface area contributed by atoms with Crippen molar-refractivity contribution in [3.05, 3.63) is 58.1 Å². The Balaban J connectivity index is 2.12. The van der Waals surface area contributed by atoms with Crippen LogP contribution in [0.25, 0.3) is 0 Å². The number of amides is 1. The highest BCUT2D eigenvalue weighted by Gasteiger charge is 2.11. The number of anilines is 2. The Morgan fingerprint density at radius 1 is 1.00 bits per heavy atom. The van der Waals surface area contributed by atoms with E-state index in [4.69, 9.17) is 23.2 Å². The molecule has 5 nitrogen and oxygen atoms in total. The molecule has 0 atom stereocenters. The second-order valence-corrected chi connectivity index (χ2v) is 7.12. The zero-order valence-corrected chi connectivity index (χ0v) is 13.8. The standard InChI is InChI=1S/C14H12Cl2N2O3S/c1-22(20,21)18-11-5-3-10(4-6-11)17-14(19)12-7-2-9(15)8-13(12)16/h2-8,18H,1H3,(H,17,19). The van der Waals surface area contributed by atoms with Crippen LogP contribution in [0.15, 0.2) is 42.5 Å². The summed E-state index contributed by atoms with van der Waals surface area (Å²) < 4.78 is 24.5. The lowest BCUT2D eigenvalue weighted by molar-refractivity contribution is 0.102. The van der Waals surface area contributed by atoms with Gasteiger partial charge in [-0.3, -0.25) is 9.52 Å². The van der Waals surface area contributed by atoms with Crippen LogP contribution in [0.2, 0.25) is 10.0 Å². The smallest absolute Gasteiger partial charge is 0.257 e. The molecular weight excluding hydrogens is 347 g/mol. The van der Waals surface area contributed by atoms with Crippen molar-refractivity contribution in [1.82, 2.24) is 0 Å². The fraction of sp³-hybridized carbons (Fsp3) is 0.0714. The molecule has 0 aromatic heterocycles. The van der Waals surface area contributed by atoms with Gasteiger partial charge in [0.25, 0.3) is 5.91 Å². The Morgan fingerprint density at radius 2 is 1.59 bits per heavy atom. The Labute approximate surface area is 138 Å². The highest BCUT2D eigenvalue weighted by molar-refractivity contribution is 7.92. The van der Waals surface area contributed by atoms with Crippen molar-refractivity contribution >= 4 is 50.5 Å². The average molecular weight is 359 g/mol. The summed E-state index contributed by atoms with van der Waals surface area (Å²) in [7, 11) is -3.33. The zero-order chi connectivity index (χ0) is 16.3. The first-order valence-corrected chi connectivity index (χ1v) is 8.73. The minimum absolute atomic E-state index is 0.250. The molecule has 22 heavy (non-hydrogen) atoms. The Hall–Kier alpha value is -1.76. The minimum atomic E-state index is -3.33. The van der Waals surface area contributed by atoms with E-state index in [9.17, 15) is 13.2 Å². The van der Waals surface area contributed by atoms with E-state index in [2.05, 4.69) is 10.0 Å². The third-order valence-electron chi connectivity index (χ3n) is 2.62. The van der Waals surface area contributed by atoms with Crippen LogP contribution >= 0.6 is 23.2 Å². The van der Waals surface area contributed by atoms with E-state index in [1.54, 1.807) is 30.3 Å². The summed E-state index contributed by atoms with van der Waals surface area (Å²) in [6.45, 7) is 0. The van der Waals surface area contributed by atoms with Gasteiger partial charge in [-0.15, -0.1) is 0 Å². The lowest BCUT2D eigenvalue weighted by Gasteiger charge is -2.08. The van der Waals surface area contributed by atoms with Crippen LogP contribution in [-0.2, 0) is 10.0 Å². The molecule has 8 heteroatoms. The van der Waals surface area contributed by atoms with Crippen molar-refractivity contribution in [2.24, 2.45) is 0 Å². The quantitative estimate of drug-likeness (QED) is 0.876. The van der Waals surface area contributed by atoms with E-state index in [-0.39, 0.29) is 10.9 Å². The number of sulfonamides is 1. The van der Waals surface area contributed by atoms with E-state index in [0.717, 1.165) is 6.26 Å². The molecule has 0 fully saturated rings. The lowest BCUT2D eigenvalue weighted by atomic mass is 10.2. The highest BCUT2D eigenvalue weighted by Crippen LogP contribution is 2.22. The predicted molar refractivity (Wildman–Crippen MR) is 89.3 cm³/mol. The first kappa shape index (κ1) is 16.6. The maximum Gasteiger partial charge on any atom is 0.257 e. The Kier molecular flexibility index (Phi) is 4.95. The van der Waals surface area contributed by atoms with Gasteiger partial charge < -0.3 is 5.32 Å². The minimum Gasteiger partial charge on any atom is -0.322 e. The number of halogens is 2. The number of nitrogens with one attached hydrogen (secondary N) is 2. The van der Waals surface area contributed by atoms with Crippen LogP contribution in [0.5, 0.6) is 0 Å². The molecule has 116 valence electrons. The summed E-state index contributed by atoms with van der Waals surface area (Å²) in [5.74, 6) is -0.384. The number of rotatable bonds is 4. The molecule has 1 amide bonds. The first-order chi connectivity index (χ1) is 10.2. The van der Waals surface area contributed by atoms with Gasteiger partial charge in [0.05, 0.1) is 16.8 Å². The number of benzene rings is 2. The van der Waals surface area contributed by atoms with Gasteiger partial charge in [-0.2, -0.15) is 0 Å². The maximum absolute atomic E-state index is 12.1. The molecular formula is C14H12Cl2N2O3S. The summed E-state index contributed by atoms with van der Waals surface area (Å²) in [5, 5.41) is 3.36. The van der Waals surface area contributed by atoms with Gasteiger partial charge in [-0.05, 0) is 42.5 Å². The Morgan fingerprint density at radius 3 is 2.14 bits per heavy atom. The monoisotopic (exact) mass is 358 g/mol. The van der Waals surface area contributed by atoms with Gasteiger partial charge in [0.2, 0.25) is 10.0 Å². The number of hydrogen-bond donors (Lipinski definition) is 2. The molecule has 0 aliphatic rings. The summed E-state index contributed by atoms with van der Waals surface area (Å²) in [6, 6.07) is 10.8. The second-order valence-electron chi connectivity index (χ2n) is 4.53. The Bertz CT molecular complexity index is 805. The molecule has 0 saturated heterocycles. The van der Waals surface area contributed by atoms with E-state index < -0.39 is 10.0 Å². The largest absolute Gasteiger partial charge is 0.322 e. The SMILES string of the molecule is CS(=O)(=O)Nc1ccc(NC(=O)c2ccc(Cl)cc2Cl)cc1. The summed E-state index contributed by atoms with van der Waals surface area (Å²) in [6.07, 6.45) is 1.06. The van der Waals surface area contributed by atoms with Crippen molar-refractivity contribution in [2.75, 3.05) is 16.3 Å². The molecule has 0 aliphatic carbocycles. The van der Waals surface area contributed by atoms with Crippen LogP contribution in [0.3, 0.4) is 0 Å². The maximum atomic E-state index is 12.1. The highest BCUT2D eigenvalue weighted by atomic mass is 35.5. The molecule has 0 saturated carbocycles. The molecule has 2 aromatic carbocycles. The van der Waals surface area contributed by atoms with Gasteiger partial charge >= 0.3 is 0 Å². The molecule has 2 rings (SSSR count). The summed E-state index contributed by atoms with van der Waals surface area (Å²) in [5.41, 5.74) is 1.21. The van der Waals surface area contributed by atoms with E-state index in [1.165, 1.54) is 12.1 Å². The zero-order valence-electron chi connectivity index (χ0n) is 11.4. The van der Waals surface area contributed by atoms with Crippen molar-refractivity contribution in [3.8, 4) is 0 Å². The number of carbonyl (C=O) groups excluding carboxylic acids is 1. The van der Waals surface area contributed by atoms with E-state index >= 15 is 0 Å². The molecule has 2 aromatic rings. The first-order valence-electron chi connectivity index (χ1n) is 6.09.